The number of carboxylic acids is 1. The maximum absolute atomic E-state index is 12.3. The molecule has 0 saturated heterocycles. The molecule has 0 heterocycles. The van der Waals surface area contributed by atoms with Crippen LogP contribution in [0.15, 0.2) is 60.7 Å². The Hall–Kier alpha value is -2.79. The molecule has 0 saturated carbocycles. The predicted octanol–water partition coefficient (Wildman–Crippen LogP) is 4.92. The van der Waals surface area contributed by atoms with Crippen LogP contribution in [0.5, 0.6) is 11.5 Å². The molecule has 0 aliphatic heterocycles. The third-order valence-corrected chi connectivity index (χ3v) is 3.72. The smallest absolute Gasteiger partial charge is 0.330 e. The third-order valence-electron chi connectivity index (χ3n) is 3.49. The average Bonchev–Trinajstić information content (AvgIpc) is 2.58. The Labute approximate surface area is 163 Å². The second-order valence-electron chi connectivity index (χ2n) is 7.10. The number of ether oxygens (including phenoxy) is 1. The van der Waals surface area contributed by atoms with Crippen molar-refractivity contribution in [3.05, 3.63) is 71.3 Å². The van der Waals surface area contributed by atoms with Crippen LogP contribution in [-0.4, -0.2) is 23.0 Å². The molecule has 0 bridgehead atoms. The third kappa shape index (κ3) is 6.79. The van der Waals surface area contributed by atoms with Gasteiger partial charge in [0.2, 0.25) is 0 Å². The summed E-state index contributed by atoms with van der Waals surface area (Å²) in [6.45, 7) is 5.84. The molecule has 0 aromatic heterocycles. The Kier molecular flexibility index (Phi) is 6.64. The number of carbonyl (C=O) groups is 2. The molecule has 1 atom stereocenters. The Morgan fingerprint density at radius 1 is 1.11 bits per heavy atom. The minimum absolute atomic E-state index is 0.183. The maximum atomic E-state index is 12.3. The molecule has 1 amide bonds. The summed E-state index contributed by atoms with van der Waals surface area (Å²) in [5, 5.41) is 12.4. The number of carboxylic acid groups (broad SMARTS) is 1. The Bertz CT molecular complexity index is 838. The SMILES string of the molecule is CC(C)(C)/C=C/C(NC(=O)c1ccc(Oc2cccc(Cl)c2)cc1)C(=O)O. The second-order valence-corrected chi connectivity index (χ2v) is 7.53. The van der Waals surface area contributed by atoms with Gasteiger partial charge in [-0.25, -0.2) is 4.79 Å². The van der Waals surface area contributed by atoms with Gasteiger partial charge in [0.25, 0.3) is 5.91 Å². The van der Waals surface area contributed by atoms with Crippen molar-refractivity contribution in [1.29, 1.82) is 0 Å². The van der Waals surface area contributed by atoms with Crippen LogP contribution in [0.2, 0.25) is 5.02 Å². The molecule has 0 fully saturated rings. The van der Waals surface area contributed by atoms with Crippen molar-refractivity contribution in [3.8, 4) is 11.5 Å². The summed E-state index contributed by atoms with van der Waals surface area (Å²) < 4.78 is 5.67. The highest BCUT2D eigenvalue weighted by Crippen LogP contribution is 2.24. The molecule has 0 spiro atoms. The molecule has 6 heteroatoms. The molecule has 27 heavy (non-hydrogen) atoms. The van der Waals surface area contributed by atoms with E-state index < -0.39 is 17.9 Å². The van der Waals surface area contributed by atoms with E-state index in [9.17, 15) is 14.7 Å². The molecule has 2 aromatic carbocycles. The van der Waals surface area contributed by atoms with Gasteiger partial charge in [0.15, 0.2) is 0 Å². The fourth-order valence-electron chi connectivity index (χ4n) is 2.14. The fraction of sp³-hybridized carbons (Fsp3) is 0.238. The van der Waals surface area contributed by atoms with Crippen molar-refractivity contribution in [2.24, 2.45) is 5.41 Å². The highest BCUT2D eigenvalue weighted by atomic mass is 35.5. The van der Waals surface area contributed by atoms with Crippen LogP contribution in [0.1, 0.15) is 31.1 Å². The topological polar surface area (TPSA) is 75.6 Å². The number of allylic oxidation sites excluding steroid dienone is 1. The van der Waals surface area contributed by atoms with Gasteiger partial charge in [-0.2, -0.15) is 0 Å². The lowest BCUT2D eigenvalue weighted by Gasteiger charge is -2.15. The van der Waals surface area contributed by atoms with Crippen LogP contribution in [0.25, 0.3) is 0 Å². The molecular formula is C21H22ClNO4. The zero-order chi connectivity index (χ0) is 20.0. The number of rotatable bonds is 6. The van der Waals surface area contributed by atoms with Crippen molar-refractivity contribution >= 4 is 23.5 Å². The predicted molar refractivity (Wildman–Crippen MR) is 105 cm³/mol. The summed E-state index contributed by atoms with van der Waals surface area (Å²) in [5.41, 5.74) is 0.154. The highest BCUT2D eigenvalue weighted by Gasteiger charge is 2.19. The fourth-order valence-corrected chi connectivity index (χ4v) is 2.32. The van der Waals surface area contributed by atoms with E-state index in [0.29, 0.717) is 22.1 Å². The van der Waals surface area contributed by atoms with E-state index in [0.717, 1.165) is 0 Å². The Balaban J connectivity index is 2.05. The van der Waals surface area contributed by atoms with Crippen molar-refractivity contribution < 1.29 is 19.4 Å². The van der Waals surface area contributed by atoms with E-state index in [1.807, 2.05) is 20.8 Å². The molecule has 2 aromatic rings. The molecule has 0 aliphatic carbocycles. The zero-order valence-electron chi connectivity index (χ0n) is 15.4. The van der Waals surface area contributed by atoms with Gasteiger partial charge in [-0.05, 0) is 47.9 Å². The monoisotopic (exact) mass is 387 g/mol. The molecule has 2 N–H and O–H groups in total. The van der Waals surface area contributed by atoms with Gasteiger partial charge in [0, 0.05) is 10.6 Å². The molecule has 2 rings (SSSR count). The lowest BCUT2D eigenvalue weighted by Crippen LogP contribution is -2.39. The Morgan fingerprint density at radius 2 is 1.78 bits per heavy atom. The first-order valence-electron chi connectivity index (χ1n) is 8.40. The van der Waals surface area contributed by atoms with E-state index in [1.54, 1.807) is 54.6 Å². The molecule has 1 unspecified atom stereocenters. The van der Waals surface area contributed by atoms with Crippen LogP contribution in [0.3, 0.4) is 0 Å². The number of carbonyl (C=O) groups excluding carboxylic acids is 1. The summed E-state index contributed by atoms with van der Waals surface area (Å²) >= 11 is 5.92. The van der Waals surface area contributed by atoms with E-state index in [-0.39, 0.29) is 5.41 Å². The number of nitrogens with one attached hydrogen (secondary N) is 1. The largest absolute Gasteiger partial charge is 0.479 e. The average molecular weight is 388 g/mol. The molecule has 0 aliphatic rings. The van der Waals surface area contributed by atoms with Crippen molar-refractivity contribution in [2.45, 2.75) is 26.8 Å². The molecule has 5 nitrogen and oxygen atoms in total. The number of hydrogen-bond donors (Lipinski definition) is 2. The quantitative estimate of drug-likeness (QED) is 0.690. The van der Waals surface area contributed by atoms with Crippen LogP contribution in [-0.2, 0) is 4.79 Å². The van der Waals surface area contributed by atoms with Crippen LogP contribution in [0, 0.1) is 5.41 Å². The lowest BCUT2D eigenvalue weighted by atomic mass is 9.95. The van der Waals surface area contributed by atoms with Gasteiger partial charge in [0.1, 0.15) is 17.5 Å². The van der Waals surface area contributed by atoms with Crippen LogP contribution < -0.4 is 10.1 Å². The Morgan fingerprint density at radius 3 is 2.33 bits per heavy atom. The summed E-state index contributed by atoms with van der Waals surface area (Å²) in [4.78, 5) is 23.7. The minimum Gasteiger partial charge on any atom is -0.479 e. The van der Waals surface area contributed by atoms with Gasteiger partial charge in [-0.3, -0.25) is 4.79 Å². The normalized spacial score (nSPS) is 12.6. The first-order valence-corrected chi connectivity index (χ1v) is 8.78. The molecular weight excluding hydrogens is 366 g/mol. The summed E-state index contributed by atoms with van der Waals surface area (Å²) in [6, 6.07) is 12.3. The summed E-state index contributed by atoms with van der Waals surface area (Å²) in [5.74, 6) is -0.478. The van der Waals surface area contributed by atoms with Crippen LogP contribution >= 0.6 is 11.6 Å². The number of aliphatic carboxylic acids is 1. The second kappa shape index (κ2) is 8.73. The number of amides is 1. The van der Waals surface area contributed by atoms with E-state index >= 15 is 0 Å². The van der Waals surface area contributed by atoms with Gasteiger partial charge in [-0.15, -0.1) is 0 Å². The van der Waals surface area contributed by atoms with Crippen molar-refractivity contribution in [2.75, 3.05) is 0 Å². The summed E-state index contributed by atoms with van der Waals surface area (Å²) in [7, 11) is 0. The van der Waals surface area contributed by atoms with E-state index in [1.165, 1.54) is 6.08 Å². The molecule has 142 valence electrons. The lowest BCUT2D eigenvalue weighted by molar-refractivity contribution is -0.137. The summed E-state index contributed by atoms with van der Waals surface area (Å²) in [6.07, 6.45) is 3.24. The van der Waals surface area contributed by atoms with E-state index in [4.69, 9.17) is 16.3 Å². The van der Waals surface area contributed by atoms with Crippen molar-refractivity contribution in [1.82, 2.24) is 5.32 Å². The van der Waals surface area contributed by atoms with Gasteiger partial charge < -0.3 is 15.2 Å². The number of benzene rings is 2. The standard InChI is InChI=1S/C21H22ClNO4/c1-21(2,3)12-11-18(20(25)26)23-19(24)14-7-9-16(10-8-14)27-17-6-4-5-15(22)13-17/h4-13,18H,1-3H3,(H,23,24)(H,25,26)/b12-11+. The maximum Gasteiger partial charge on any atom is 0.330 e. The molecule has 0 radical (unpaired) electrons. The minimum atomic E-state index is -1.12. The van der Waals surface area contributed by atoms with E-state index in [2.05, 4.69) is 5.32 Å². The first-order chi connectivity index (χ1) is 12.6. The number of hydrogen-bond acceptors (Lipinski definition) is 3. The van der Waals surface area contributed by atoms with Gasteiger partial charge >= 0.3 is 5.97 Å². The highest BCUT2D eigenvalue weighted by molar-refractivity contribution is 6.30. The van der Waals surface area contributed by atoms with Crippen molar-refractivity contribution in [3.63, 3.8) is 0 Å². The van der Waals surface area contributed by atoms with Crippen LogP contribution in [0.4, 0.5) is 0 Å². The zero-order valence-corrected chi connectivity index (χ0v) is 16.2. The first kappa shape index (κ1) is 20.5. The van der Waals surface area contributed by atoms with Gasteiger partial charge in [0.05, 0.1) is 0 Å². The van der Waals surface area contributed by atoms with Gasteiger partial charge in [-0.1, -0.05) is 50.6 Å². The number of halogens is 1.